The Bertz CT molecular complexity index is 677. The number of nitrogens with one attached hydrogen (secondary N) is 1. The first-order chi connectivity index (χ1) is 9.06. The summed E-state index contributed by atoms with van der Waals surface area (Å²) in [5.74, 6) is 0. The highest BCUT2D eigenvalue weighted by Gasteiger charge is 2.24. The minimum atomic E-state index is -3.69. The molecule has 0 amide bonds. The van der Waals surface area contributed by atoms with Crippen LogP contribution in [0.25, 0.3) is 4.96 Å². The quantitative estimate of drug-likeness (QED) is 0.624. The van der Waals surface area contributed by atoms with Crippen LogP contribution in [-0.4, -0.2) is 31.0 Å². The summed E-state index contributed by atoms with van der Waals surface area (Å²) in [4.78, 5) is 4.53. The molecule has 1 N–H and O–H groups in total. The van der Waals surface area contributed by atoms with Crippen LogP contribution < -0.4 is 4.72 Å². The molecule has 0 spiro atoms. The average molecular weight is 322 g/mol. The maximum Gasteiger partial charge on any atom is 0.259 e. The summed E-state index contributed by atoms with van der Waals surface area (Å²) in [6.45, 7) is 4.06. The van der Waals surface area contributed by atoms with Crippen LogP contribution in [0.3, 0.4) is 0 Å². The minimum Gasteiger partial charge on any atom is -0.502 e. The predicted octanol–water partition coefficient (Wildman–Crippen LogP) is 1.88. The Morgan fingerprint density at radius 2 is 2.42 bits per heavy atom. The second kappa shape index (κ2) is 5.91. The van der Waals surface area contributed by atoms with Gasteiger partial charge in [0, 0.05) is 18.1 Å². The highest BCUT2D eigenvalue weighted by atomic mass is 35.5. The lowest BCUT2D eigenvalue weighted by atomic mass is 10.5. The number of hydrogen-bond acceptors (Lipinski definition) is 5. The number of nitrogens with zero attached hydrogens (tertiary/aromatic N) is 2. The van der Waals surface area contributed by atoms with Crippen molar-refractivity contribution in [1.82, 2.24) is 14.1 Å². The van der Waals surface area contributed by atoms with E-state index in [2.05, 4.69) is 16.3 Å². The number of aromatic nitrogens is 2. The first kappa shape index (κ1) is 14.3. The van der Waals surface area contributed by atoms with Gasteiger partial charge >= 0.3 is 0 Å². The van der Waals surface area contributed by atoms with Crippen LogP contribution in [0, 0.1) is 0 Å². The zero-order chi connectivity index (χ0) is 13.9. The van der Waals surface area contributed by atoms with Crippen molar-refractivity contribution < 1.29 is 13.2 Å². The van der Waals surface area contributed by atoms with E-state index in [-0.39, 0.29) is 16.7 Å². The number of hydrogen-bond donors (Lipinski definition) is 1. The Balaban J connectivity index is 2.13. The average Bonchev–Trinajstić information content (AvgIpc) is 2.87. The molecule has 0 radical (unpaired) electrons. The van der Waals surface area contributed by atoms with Gasteiger partial charge in [0.2, 0.25) is 0 Å². The number of thiazole rings is 1. The third-order valence-electron chi connectivity index (χ3n) is 2.28. The van der Waals surface area contributed by atoms with Crippen molar-refractivity contribution in [2.45, 2.75) is 11.4 Å². The maximum atomic E-state index is 12.1. The number of rotatable bonds is 7. The molecule has 2 heterocycles. The molecular formula is C10H12ClN3O3S2. The molecule has 0 aliphatic rings. The molecule has 6 nitrogen and oxygen atoms in total. The Morgan fingerprint density at radius 1 is 1.63 bits per heavy atom. The van der Waals surface area contributed by atoms with E-state index in [0.717, 1.165) is 0 Å². The van der Waals surface area contributed by atoms with Gasteiger partial charge in [0.15, 0.2) is 15.1 Å². The van der Waals surface area contributed by atoms with E-state index in [1.165, 1.54) is 22.0 Å². The molecular weight excluding hydrogens is 310 g/mol. The van der Waals surface area contributed by atoms with Crippen LogP contribution in [0.15, 0.2) is 29.4 Å². The Kier molecular flexibility index (Phi) is 4.46. The molecule has 0 aromatic carbocycles. The van der Waals surface area contributed by atoms with E-state index < -0.39 is 10.0 Å². The van der Waals surface area contributed by atoms with Gasteiger partial charge in [-0.3, -0.25) is 4.40 Å². The SMILES string of the molecule is C=COCCCNS(=O)(=O)c1c(Cl)nc2sccn12. The molecule has 0 bridgehead atoms. The lowest BCUT2D eigenvalue weighted by Crippen LogP contribution is -2.26. The first-order valence-electron chi connectivity index (χ1n) is 5.39. The van der Waals surface area contributed by atoms with Crippen LogP contribution in [0.1, 0.15) is 6.42 Å². The third kappa shape index (κ3) is 3.08. The minimum absolute atomic E-state index is 0.0262. The molecule has 0 saturated heterocycles. The van der Waals surface area contributed by atoms with Gasteiger partial charge < -0.3 is 4.74 Å². The summed E-state index contributed by atoms with van der Waals surface area (Å²) in [6, 6.07) is 0. The van der Waals surface area contributed by atoms with Gasteiger partial charge in [-0.2, -0.15) is 0 Å². The maximum absolute atomic E-state index is 12.1. The van der Waals surface area contributed by atoms with Gasteiger partial charge in [-0.05, 0) is 6.42 Å². The number of sulfonamides is 1. The molecule has 0 atom stereocenters. The topological polar surface area (TPSA) is 72.7 Å². The van der Waals surface area contributed by atoms with Gasteiger partial charge in [-0.25, -0.2) is 18.1 Å². The second-order valence-corrected chi connectivity index (χ2v) is 6.47. The molecule has 0 saturated carbocycles. The van der Waals surface area contributed by atoms with Gasteiger partial charge in [0.1, 0.15) is 0 Å². The van der Waals surface area contributed by atoms with Crippen LogP contribution in [-0.2, 0) is 14.8 Å². The van der Waals surface area contributed by atoms with E-state index in [9.17, 15) is 8.42 Å². The van der Waals surface area contributed by atoms with Gasteiger partial charge in [0.25, 0.3) is 10.0 Å². The number of fused-ring (bicyclic) bond motifs is 1. The largest absolute Gasteiger partial charge is 0.502 e. The summed E-state index contributed by atoms with van der Waals surface area (Å²) < 4.78 is 33.1. The van der Waals surface area contributed by atoms with Crippen LogP contribution >= 0.6 is 22.9 Å². The fourth-order valence-electron chi connectivity index (χ4n) is 1.49. The normalized spacial score (nSPS) is 11.8. The van der Waals surface area contributed by atoms with Crippen LogP contribution in [0.5, 0.6) is 0 Å². The Hall–Kier alpha value is -1.09. The highest BCUT2D eigenvalue weighted by molar-refractivity contribution is 7.89. The number of ether oxygens (including phenoxy) is 1. The van der Waals surface area contributed by atoms with E-state index in [4.69, 9.17) is 16.3 Å². The summed E-state index contributed by atoms with van der Waals surface area (Å²) in [7, 11) is -3.69. The summed E-state index contributed by atoms with van der Waals surface area (Å²) in [5.41, 5.74) is 0. The number of halogens is 1. The molecule has 0 fully saturated rings. The zero-order valence-electron chi connectivity index (χ0n) is 9.87. The van der Waals surface area contributed by atoms with E-state index >= 15 is 0 Å². The van der Waals surface area contributed by atoms with Gasteiger partial charge in [-0.1, -0.05) is 18.2 Å². The molecule has 9 heteroatoms. The Morgan fingerprint density at radius 3 is 3.16 bits per heavy atom. The lowest BCUT2D eigenvalue weighted by Gasteiger charge is -2.06. The molecule has 2 rings (SSSR count). The van der Waals surface area contributed by atoms with Crippen molar-refractivity contribution in [2.24, 2.45) is 0 Å². The first-order valence-corrected chi connectivity index (χ1v) is 8.13. The van der Waals surface area contributed by atoms with Crippen molar-refractivity contribution in [3.05, 3.63) is 29.6 Å². The predicted molar refractivity (Wildman–Crippen MR) is 74.0 cm³/mol. The van der Waals surface area contributed by atoms with Crippen molar-refractivity contribution in [2.75, 3.05) is 13.2 Å². The number of imidazole rings is 1. The molecule has 0 aliphatic carbocycles. The monoisotopic (exact) mass is 321 g/mol. The molecule has 2 aromatic heterocycles. The standard InChI is InChI=1S/C10H12ClN3O3S2/c1-2-17-6-3-4-12-19(15,16)9-8(11)13-10-14(9)5-7-18-10/h2,5,7,12H,1,3-4,6H2. The van der Waals surface area contributed by atoms with Crippen molar-refractivity contribution in [1.29, 1.82) is 0 Å². The lowest BCUT2D eigenvalue weighted by molar-refractivity contribution is 0.247. The molecule has 2 aromatic rings. The Labute approximate surface area is 119 Å². The van der Waals surface area contributed by atoms with Crippen molar-refractivity contribution >= 4 is 37.9 Å². The van der Waals surface area contributed by atoms with E-state index in [1.54, 1.807) is 11.6 Å². The van der Waals surface area contributed by atoms with Crippen LogP contribution in [0.4, 0.5) is 0 Å². The smallest absolute Gasteiger partial charge is 0.259 e. The molecule has 0 unspecified atom stereocenters. The molecule has 0 aliphatic heterocycles. The highest BCUT2D eigenvalue weighted by Crippen LogP contribution is 2.24. The summed E-state index contributed by atoms with van der Waals surface area (Å²) in [6.07, 6.45) is 3.47. The molecule has 19 heavy (non-hydrogen) atoms. The second-order valence-electron chi connectivity index (χ2n) is 3.55. The van der Waals surface area contributed by atoms with Crippen LogP contribution in [0.2, 0.25) is 5.15 Å². The van der Waals surface area contributed by atoms with Crippen molar-refractivity contribution in [3.8, 4) is 0 Å². The summed E-state index contributed by atoms with van der Waals surface area (Å²) in [5, 5.41) is 1.69. The zero-order valence-corrected chi connectivity index (χ0v) is 12.3. The fourth-order valence-corrected chi connectivity index (χ4v) is 4.01. The molecule has 104 valence electrons. The van der Waals surface area contributed by atoms with Gasteiger partial charge in [-0.15, -0.1) is 11.3 Å². The third-order valence-corrected chi connectivity index (χ3v) is 4.90. The van der Waals surface area contributed by atoms with Crippen molar-refractivity contribution in [3.63, 3.8) is 0 Å². The summed E-state index contributed by atoms with van der Waals surface area (Å²) >= 11 is 7.19. The fraction of sp³-hybridized carbons (Fsp3) is 0.300. The van der Waals surface area contributed by atoms with E-state index in [0.29, 0.717) is 18.0 Å². The van der Waals surface area contributed by atoms with Gasteiger partial charge in [0.05, 0.1) is 12.9 Å². The van der Waals surface area contributed by atoms with E-state index in [1.807, 2.05) is 0 Å².